The number of hydrogen-bond acceptors (Lipinski definition) is 4. The fraction of sp³-hybridized carbons (Fsp3) is 0.222. The van der Waals surface area contributed by atoms with Crippen molar-refractivity contribution in [3.63, 3.8) is 0 Å². The van der Waals surface area contributed by atoms with E-state index < -0.39 is 12.1 Å². The van der Waals surface area contributed by atoms with Crippen molar-refractivity contribution in [3.8, 4) is 0 Å². The third-order valence-electron chi connectivity index (χ3n) is 3.17. The van der Waals surface area contributed by atoms with E-state index in [4.69, 9.17) is 4.74 Å². The highest BCUT2D eigenvalue weighted by molar-refractivity contribution is 9.10. The minimum Gasteiger partial charge on any atom is -0.452 e. The second-order valence-electron chi connectivity index (χ2n) is 5.23. The van der Waals surface area contributed by atoms with Gasteiger partial charge in [0.2, 0.25) is 0 Å². The van der Waals surface area contributed by atoms with E-state index in [0.717, 1.165) is 14.9 Å². The third kappa shape index (κ3) is 6.02. The number of rotatable bonds is 6. The Morgan fingerprint density at radius 3 is 2.38 bits per heavy atom. The van der Waals surface area contributed by atoms with E-state index in [1.54, 1.807) is 6.92 Å². The molecule has 0 aliphatic rings. The highest BCUT2D eigenvalue weighted by atomic mass is 79.9. The number of carbonyl (C=O) groups is 2. The Kier molecular flexibility index (Phi) is 6.87. The number of esters is 1. The largest absolute Gasteiger partial charge is 0.452 e. The van der Waals surface area contributed by atoms with E-state index in [2.05, 4.69) is 21.2 Å². The van der Waals surface area contributed by atoms with Gasteiger partial charge in [-0.2, -0.15) is 0 Å². The first-order chi connectivity index (χ1) is 11.4. The Balaban J connectivity index is 1.78. The Labute approximate surface area is 154 Å². The maximum Gasteiger partial charge on any atom is 0.317 e. The molecular formula is C18H18BrNO3S. The van der Waals surface area contributed by atoms with Crippen molar-refractivity contribution >= 4 is 45.3 Å². The van der Waals surface area contributed by atoms with Crippen molar-refractivity contribution in [2.24, 2.45) is 0 Å². The zero-order valence-electron chi connectivity index (χ0n) is 13.4. The molecule has 0 saturated heterocycles. The first-order valence-electron chi connectivity index (χ1n) is 7.39. The van der Waals surface area contributed by atoms with E-state index in [1.807, 2.05) is 55.5 Å². The summed E-state index contributed by atoms with van der Waals surface area (Å²) >= 11 is 4.73. The summed E-state index contributed by atoms with van der Waals surface area (Å²) in [6.45, 7) is 3.53. The van der Waals surface area contributed by atoms with Crippen molar-refractivity contribution in [1.82, 2.24) is 0 Å². The summed E-state index contributed by atoms with van der Waals surface area (Å²) in [7, 11) is 0. The summed E-state index contributed by atoms with van der Waals surface area (Å²) in [6.07, 6.45) is -0.843. The normalized spacial score (nSPS) is 11.6. The van der Waals surface area contributed by atoms with Crippen LogP contribution in [0.25, 0.3) is 0 Å². The van der Waals surface area contributed by atoms with Gasteiger partial charge in [0.15, 0.2) is 6.10 Å². The fourth-order valence-electron chi connectivity index (χ4n) is 1.84. The van der Waals surface area contributed by atoms with E-state index >= 15 is 0 Å². The number of anilines is 1. The monoisotopic (exact) mass is 407 g/mol. The topological polar surface area (TPSA) is 55.4 Å². The van der Waals surface area contributed by atoms with E-state index in [1.165, 1.54) is 11.8 Å². The second kappa shape index (κ2) is 8.89. The van der Waals surface area contributed by atoms with Crippen LogP contribution < -0.4 is 5.32 Å². The molecule has 2 aromatic carbocycles. The average molecular weight is 408 g/mol. The van der Waals surface area contributed by atoms with Crippen LogP contribution in [-0.4, -0.2) is 23.7 Å². The highest BCUT2D eigenvalue weighted by Crippen LogP contribution is 2.20. The molecule has 2 rings (SSSR count). The van der Waals surface area contributed by atoms with E-state index in [-0.39, 0.29) is 11.7 Å². The summed E-state index contributed by atoms with van der Waals surface area (Å²) in [4.78, 5) is 24.9. The predicted octanol–water partition coefficient (Wildman–Crippen LogP) is 4.42. The first-order valence-corrected chi connectivity index (χ1v) is 9.17. The molecule has 0 aliphatic carbocycles. The van der Waals surface area contributed by atoms with Gasteiger partial charge in [-0.25, -0.2) is 0 Å². The van der Waals surface area contributed by atoms with Crippen LogP contribution in [0, 0.1) is 6.92 Å². The number of nitrogens with one attached hydrogen (secondary N) is 1. The van der Waals surface area contributed by atoms with Crippen molar-refractivity contribution in [2.75, 3.05) is 11.1 Å². The molecule has 0 bridgehead atoms. The van der Waals surface area contributed by atoms with Crippen molar-refractivity contribution in [1.29, 1.82) is 0 Å². The Bertz CT molecular complexity index is 701. The Hall–Kier alpha value is -1.79. The van der Waals surface area contributed by atoms with Gasteiger partial charge < -0.3 is 10.1 Å². The molecular weight excluding hydrogens is 390 g/mol. The Morgan fingerprint density at radius 1 is 1.12 bits per heavy atom. The molecule has 1 N–H and O–H groups in total. The highest BCUT2D eigenvalue weighted by Gasteiger charge is 2.18. The van der Waals surface area contributed by atoms with Crippen LogP contribution >= 0.6 is 27.7 Å². The van der Waals surface area contributed by atoms with Crippen LogP contribution in [0.3, 0.4) is 0 Å². The molecule has 0 fully saturated rings. The molecule has 1 amide bonds. The summed E-state index contributed by atoms with van der Waals surface area (Å²) in [6, 6.07) is 15.1. The number of thioether (sulfide) groups is 1. The molecule has 126 valence electrons. The lowest BCUT2D eigenvalue weighted by Crippen LogP contribution is -2.30. The smallest absolute Gasteiger partial charge is 0.317 e. The van der Waals surface area contributed by atoms with Crippen LogP contribution in [0.15, 0.2) is 57.9 Å². The number of benzene rings is 2. The lowest BCUT2D eigenvalue weighted by Gasteiger charge is -2.13. The quantitative estimate of drug-likeness (QED) is 0.568. The standard InChI is InChI=1S/C18H18BrNO3S/c1-12-3-7-15(8-4-12)20-18(22)13(2)23-17(21)11-24-16-9-5-14(19)6-10-16/h3-10,13H,11H2,1-2H3,(H,20,22)/t13-/m0/s1. The minimum atomic E-state index is -0.843. The maximum absolute atomic E-state index is 12.0. The van der Waals surface area contributed by atoms with Gasteiger partial charge in [-0.3, -0.25) is 9.59 Å². The van der Waals surface area contributed by atoms with Gasteiger partial charge in [0.05, 0.1) is 5.75 Å². The molecule has 0 unspecified atom stereocenters. The summed E-state index contributed by atoms with van der Waals surface area (Å²) in [5.41, 5.74) is 1.79. The minimum absolute atomic E-state index is 0.157. The van der Waals surface area contributed by atoms with Crippen LogP contribution in [0.4, 0.5) is 5.69 Å². The van der Waals surface area contributed by atoms with Gasteiger partial charge in [-0.15, -0.1) is 11.8 Å². The second-order valence-corrected chi connectivity index (χ2v) is 7.19. The fourth-order valence-corrected chi connectivity index (χ4v) is 2.78. The van der Waals surface area contributed by atoms with Crippen LogP contribution in [0.2, 0.25) is 0 Å². The molecule has 24 heavy (non-hydrogen) atoms. The molecule has 0 saturated carbocycles. The SMILES string of the molecule is Cc1ccc(NC(=O)[C@H](C)OC(=O)CSc2ccc(Br)cc2)cc1. The zero-order valence-corrected chi connectivity index (χ0v) is 15.8. The van der Waals surface area contributed by atoms with E-state index in [9.17, 15) is 9.59 Å². The molecule has 0 radical (unpaired) electrons. The van der Waals surface area contributed by atoms with Crippen molar-refractivity contribution in [2.45, 2.75) is 24.8 Å². The van der Waals surface area contributed by atoms with Crippen molar-refractivity contribution < 1.29 is 14.3 Å². The zero-order chi connectivity index (χ0) is 17.5. The van der Waals surface area contributed by atoms with Crippen LogP contribution in [-0.2, 0) is 14.3 Å². The molecule has 0 aliphatic heterocycles. The summed E-state index contributed by atoms with van der Waals surface area (Å²) < 4.78 is 6.15. The number of halogens is 1. The van der Waals surface area contributed by atoms with Gasteiger partial charge in [0, 0.05) is 15.1 Å². The van der Waals surface area contributed by atoms with Gasteiger partial charge in [-0.1, -0.05) is 33.6 Å². The lowest BCUT2D eigenvalue weighted by atomic mass is 10.2. The number of aryl methyl sites for hydroxylation is 1. The van der Waals surface area contributed by atoms with E-state index in [0.29, 0.717) is 5.69 Å². The molecule has 4 nitrogen and oxygen atoms in total. The van der Waals surface area contributed by atoms with Gasteiger partial charge in [0.25, 0.3) is 5.91 Å². The summed E-state index contributed by atoms with van der Waals surface area (Å²) in [5.74, 6) is -0.612. The van der Waals surface area contributed by atoms with Gasteiger partial charge in [0.1, 0.15) is 0 Å². The van der Waals surface area contributed by atoms with Crippen LogP contribution in [0.5, 0.6) is 0 Å². The molecule has 0 spiro atoms. The van der Waals surface area contributed by atoms with Gasteiger partial charge >= 0.3 is 5.97 Å². The molecule has 6 heteroatoms. The van der Waals surface area contributed by atoms with Crippen molar-refractivity contribution in [3.05, 3.63) is 58.6 Å². The molecule has 0 aromatic heterocycles. The number of amides is 1. The third-order valence-corrected chi connectivity index (χ3v) is 4.68. The lowest BCUT2D eigenvalue weighted by molar-refractivity contribution is -0.150. The first kappa shape index (κ1) is 18.5. The van der Waals surface area contributed by atoms with Crippen LogP contribution in [0.1, 0.15) is 12.5 Å². The molecule has 0 heterocycles. The number of hydrogen-bond donors (Lipinski definition) is 1. The predicted molar refractivity (Wildman–Crippen MR) is 100 cm³/mol. The molecule has 1 atom stereocenters. The number of carbonyl (C=O) groups excluding carboxylic acids is 2. The number of ether oxygens (including phenoxy) is 1. The Morgan fingerprint density at radius 2 is 1.75 bits per heavy atom. The summed E-state index contributed by atoms with van der Waals surface area (Å²) in [5, 5.41) is 2.73. The van der Waals surface area contributed by atoms with Gasteiger partial charge in [-0.05, 0) is 50.2 Å². The molecule has 2 aromatic rings. The average Bonchev–Trinajstić information content (AvgIpc) is 2.56. The maximum atomic E-state index is 12.0.